The van der Waals surface area contributed by atoms with Crippen molar-refractivity contribution in [2.45, 2.75) is 18.9 Å². The van der Waals surface area contributed by atoms with Gasteiger partial charge in [0, 0.05) is 252 Å². The first-order valence-corrected chi connectivity index (χ1v) is 30.5. The van der Waals surface area contributed by atoms with E-state index in [9.17, 15) is 35.1 Å². The Labute approximate surface area is 666 Å². The summed E-state index contributed by atoms with van der Waals surface area (Å²) in [5, 5.41) is 8.75. The average molecular weight is 2440 g/mol. The smallest absolute Gasteiger partial charge is 0.397 e. The molecule has 27 heteroatoms. The van der Waals surface area contributed by atoms with Crippen LogP contribution in [0.5, 0.6) is 0 Å². The Bertz CT molecular complexity index is 4040. The summed E-state index contributed by atoms with van der Waals surface area (Å²) >= 11 is 0. The number of para-hydroxylation sites is 1. The fraction of sp³-hybridized carbons (Fsp3) is 0.257. The third-order valence-electron chi connectivity index (χ3n) is 15.1. The second-order valence-electron chi connectivity index (χ2n) is 22.0. The molecule has 6 heterocycles. The molecule has 101 heavy (non-hydrogen) atoms. The molecule has 0 bridgehead atoms. The predicted octanol–water partition coefficient (Wildman–Crippen LogP) is 12.4. The van der Waals surface area contributed by atoms with E-state index in [1.807, 2.05) is 104 Å². The summed E-state index contributed by atoms with van der Waals surface area (Å²) in [5.74, 6) is 3.49. The number of nitrogens with zero attached hydrogens (tertiary/aromatic N) is 13. The maximum atomic E-state index is 13.3. The molecular formula is C74H67F8Ir6N13-6. The van der Waals surface area contributed by atoms with Crippen molar-refractivity contribution in [3.8, 4) is 6.07 Å². The number of nitriles is 1. The maximum Gasteiger partial charge on any atom is 0.399 e. The molecule has 0 aromatic heterocycles. The zero-order valence-corrected chi connectivity index (χ0v) is 69.1. The summed E-state index contributed by atoms with van der Waals surface area (Å²) < 4.78 is 102. The zero-order chi connectivity index (χ0) is 67.3. The molecule has 0 fully saturated rings. The zero-order valence-electron chi connectivity index (χ0n) is 54.8. The van der Waals surface area contributed by atoms with Gasteiger partial charge in [-0.1, -0.05) is 60.2 Å². The number of halogens is 8. The van der Waals surface area contributed by atoms with E-state index in [1.165, 1.54) is 16.2 Å². The van der Waals surface area contributed by atoms with Crippen molar-refractivity contribution in [2.75, 3.05) is 112 Å². The Morgan fingerprint density at radius 2 is 0.861 bits per heavy atom. The molecule has 0 atom stereocenters. The number of hydrogen-bond donors (Lipinski definition) is 0. The quantitative estimate of drug-likeness (QED) is 0.104. The fourth-order valence-corrected chi connectivity index (χ4v) is 10.4. The van der Waals surface area contributed by atoms with Gasteiger partial charge in [0.2, 0.25) is 0 Å². The summed E-state index contributed by atoms with van der Waals surface area (Å²) in [6.45, 7) is 10.5. The minimum atomic E-state index is -4.90. The number of rotatable bonds is 9. The molecule has 0 aliphatic carbocycles. The molecule has 6 aliphatic rings. The van der Waals surface area contributed by atoms with Gasteiger partial charge in [-0.15, -0.1) is 173 Å². The Kier molecular flexibility index (Phi) is 38.2. The normalized spacial score (nSPS) is 14.6. The summed E-state index contributed by atoms with van der Waals surface area (Å²) in [7, 11) is 7.43. The van der Waals surface area contributed by atoms with Crippen molar-refractivity contribution >= 4 is 40.7 Å². The van der Waals surface area contributed by atoms with Crippen LogP contribution in [0.25, 0.3) is 0 Å². The molecule has 0 unspecified atom stereocenters. The van der Waals surface area contributed by atoms with Gasteiger partial charge < -0.3 is 59.4 Å². The average Bonchev–Trinajstić information content (AvgIpc) is 1.35. The van der Waals surface area contributed by atoms with Gasteiger partial charge in [0.1, 0.15) is 0 Å². The van der Waals surface area contributed by atoms with Crippen LogP contribution in [0.3, 0.4) is 0 Å². The van der Waals surface area contributed by atoms with Crippen LogP contribution >= 0.6 is 0 Å². The van der Waals surface area contributed by atoms with Crippen LogP contribution in [0.15, 0.2) is 206 Å². The van der Waals surface area contributed by atoms with Gasteiger partial charge in [0.05, 0.1) is 11.9 Å². The molecule has 0 spiro atoms. The Hall–Kier alpha value is -6.59. The largest absolute Gasteiger partial charge is 0.399 e. The van der Waals surface area contributed by atoms with E-state index in [0.29, 0.717) is 37.1 Å². The Morgan fingerprint density at radius 1 is 0.426 bits per heavy atom. The number of amidine groups is 6. The second-order valence-corrected chi connectivity index (χ2v) is 22.0. The van der Waals surface area contributed by atoms with Gasteiger partial charge in [-0.25, -0.2) is 0 Å². The van der Waals surface area contributed by atoms with Crippen molar-refractivity contribution in [1.29, 1.82) is 5.26 Å². The van der Waals surface area contributed by atoms with E-state index in [2.05, 4.69) is 154 Å². The topological polar surface area (TPSA) is 117 Å². The minimum absolute atomic E-state index is 0. The van der Waals surface area contributed by atoms with Gasteiger partial charge in [-0.3, -0.25) is 8.78 Å². The van der Waals surface area contributed by atoms with E-state index in [4.69, 9.17) is 5.26 Å². The monoisotopic (exact) mass is 2450 g/mol. The van der Waals surface area contributed by atoms with Crippen molar-refractivity contribution in [3.63, 3.8) is 0 Å². The molecular weight excluding hydrogens is 2380 g/mol. The minimum Gasteiger partial charge on any atom is -0.397 e. The fourth-order valence-electron chi connectivity index (χ4n) is 10.4. The number of likely N-dealkylation sites (N-methyl/N-ethyl adjacent to an activating group) is 4. The van der Waals surface area contributed by atoms with Crippen molar-refractivity contribution in [3.05, 3.63) is 280 Å². The van der Waals surface area contributed by atoms with E-state index in [-0.39, 0.29) is 144 Å². The SMILES string of the molecule is CN1CCN=C1c1[c-]c(C(F)(F)F)cc(C(F)(F)F)c1.CN1CCN=C1c1[c-]cc(F)cc1F.CN1CCN=C1c1[c-]ccc(C#N)c1.CN1CCN=C1c1[c-]cccc1.[Ir].[Ir].[Ir].[Ir].[Ir].[Ir].[c-]1ccccc1C1=NCCN1Cc1ccccc1.[c-]1ccccc1C1=NCCN1c1ccccc1. The molecule has 14 rings (SSSR count). The van der Waals surface area contributed by atoms with Gasteiger partial charge in [-0.05, 0) is 62.6 Å². The van der Waals surface area contributed by atoms with Gasteiger partial charge in [0.15, 0.2) is 0 Å². The van der Waals surface area contributed by atoms with E-state index < -0.39 is 35.1 Å². The Morgan fingerprint density at radius 3 is 1.34 bits per heavy atom. The first kappa shape index (κ1) is 88.6. The van der Waals surface area contributed by atoms with Crippen LogP contribution in [0.2, 0.25) is 0 Å². The molecule has 0 N–H and O–H groups in total. The van der Waals surface area contributed by atoms with Crippen LogP contribution in [0.1, 0.15) is 55.6 Å². The van der Waals surface area contributed by atoms with Gasteiger partial charge in [0.25, 0.3) is 0 Å². The number of hydrogen-bond acceptors (Lipinski definition) is 13. The number of benzene rings is 8. The van der Waals surface area contributed by atoms with Crippen LogP contribution in [-0.4, -0.2) is 166 Å². The molecule has 13 nitrogen and oxygen atoms in total. The number of aliphatic imine (C=N–C) groups is 6. The molecule has 544 valence electrons. The standard InChI is InChI=1S/C16H15N2.C15H13N2.C12H9F6N2.C11H10N3.C10H9F2N2.C10H11N2.6Ir/c1-3-7-14(8-4-1)13-18-12-11-17-16(18)15-9-5-2-6-10-15;1-3-7-13(8-4-1)15-16-11-12-17(15)14-9-5-2-6-10-14;1-20-3-2-19-10(20)7-4-8(11(13,14)15)6-9(5-7)12(16,17)18;1-14-6-5-13-11(14)10-4-2-3-9(7-10)8-12;1-14-5-4-13-10(14)8-3-2-7(11)6-9(8)12;1-12-8-7-11-10(12)9-5-3-2-4-6-9;;;;;;/h1-9H,11-13H2;1-7,9-10H,11-12H2;4,6H,2-3H2,1H3;2-3,7H,5-6H2,1H3;2,6H,4-5H2,1H3;2-5H,7-8H2,1H3;;;;;;/q6*-1;;;;;;. The number of alkyl halides is 6. The summed E-state index contributed by atoms with van der Waals surface area (Å²) in [6.07, 6.45) is -9.75. The summed E-state index contributed by atoms with van der Waals surface area (Å²) in [5.41, 5.74) is 4.46. The van der Waals surface area contributed by atoms with Crippen molar-refractivity contribution in [2.24, 2.45) is 30.0 Å². The van der Waals surface area contributed by atoms with Crippen LogP contribution in [0, 0.1) is 59.4 Å². The first-order chi connectivity index (χ1) is 45.8. The number of anilines is 1. The van der Waals surface area contributed by atoms with E-state index in [1.54, 1.807) is 19.2 Å². The van der Waals surface area contributed by atoms with E-state index >= 15 is 0 Å². The molecule has 0 saturated carbocycles. The first-order valence-electron chi connectivity index (χ1n) is 30.5. The van der Waals surface area contributed by atoms with Crippen LogP contribution in [0.4, 0.5) is 40.8 Å². The predicted molar refractivity (Wildman–Crippen MR) is 356 cm³/mol. The Balaban J connectivity index is 0.000000313. The molecule has 6 aliphatic heterocycles. The van der Waals surface area contributed by atoms with Gasteiger partial charge >= 0.3 is 12.4 Å². The van der Waals surface area contributed by atoms with Gasteiger partial charge in [-0.2, -0.15) is 31.6 Å². The maximum absolute atomic E-state index is 13.3. The van der Waals surface area contributed by atoms with Crippen molar-refractivity contribution in [1.82, 2.24) is 24.5 Å². The second kappa shape index (κ2) is 43.5. The van der Waals surface area contributed by atoms with E-state index in [0.717, 1.165) is 123 Å². The third-order valence-corrected chi connectivity index (χ3v) is 15.1. The molecule has 6 radical (unpaired) electrons. The third kappa shape index (κ3) is 25.7. The molecule has 0 saturated heterocycles. The summed E-state index contributed by atoms with van der Waals surface area (Å²) in [4.78, 5) is 38.1. The molecule has 8 aromatic carbocycles. The molecule has 0 amide bonds. The van der Waals surface area contributed by atoms with Crippen molar-refractivity contribution < 1.29 is 156 Å². The molecule has 8 aromatic rings. The van der Waals surface area contributed by atoms with Crippen LogP contribution in [-0.2, 0) is 140 Å². The van der Waals surface area contributed by atoms with Crippen LogP contribution < -0.4 is 4.90 Å². The summed E-state index contributed by atoms with van der Waals surface area (Å²) in [6, 6.07) is 72.2.